The Hall–Kier alpha value is -3.74. The van der Waals surface area contributed by atoms with Gasteiger partial charge in [-0.3, -0.25) is 19.1 Å². The lowest BCUT2D eigenvalue weighted by atomic mass is 9.83. The van der Waals surface area contributed by atoms with E-state index in [0.717, 1.165) is 24.8 Å². The van der Waals surface area contributed by atoms with Crippen LogP contribution < -0.4 is 0 Å². The van der Waals surface area contributed by atoms with Crippen LogP contribution in [0.5, 0.6) is 0 Å². The first-order chi connectivity index (χ1) is 17.9. The molecule has 3 aromatic rings. The van der Waals surface area contributed by atoms with E-state index in [1.54, 1.807) is 17.1 Å². The predicted molar refractivity (Wildman–Crippen MR) is 141 cm³/mol. The van der Waals surface area contributed by atoms with Gasteiger partial charge in [0.05, 0.1) is 5.92 Å². The first-order valence-electron chi connectivity index (χ1n) is 13.1. The van der Waals surface area contributed by atoms with Gasteiger partial charge in [0.1, 0.15) is 6.54 Å². The Morgan fingerprint density at radius 1 is 1.05 bits per heavy atom. The maximum Gasteiger partial charge on any atom is 0.244 e. The van der Waals surface area contributed by atoms with Gasteiger partial charge in [0.15, 0.2) is 5.78 Å². The molecular formula is C30H34N4O3. The Kier molecular flexibility index (Phi) is 7.22. The molecule has 0 spiro atoms. The van der Waals surface area contributed by atoms with Crippen molar-refractivity contribution in [1.82, 2.24) is 19.6 Å². The van der Waals surface area contributed by atoms with Gasteiger partial charge in [-0.05, 0) is 54.9 Å². The minimum absolute atomic E-state index is 0.0233. The van der Waals surface area contributed by atoms with E-state index < -0.39 is 0 Å². The van der Waals surface area contributed by atoms with E-state index >= 15 is 0 Å². The van der Waals surface area contributed by atoms with E-state index in [1.807, 2.05) is 59.3 Å². The third-order valence-corrected chi connectivity index (χ3v) is 8.16. The van der Waals surface area contributed by atoms with Gasteiger partial charge in [-0.25, -0.2) is 0 Å². The zero-order valence-electron chi connectivity index (χ0n) is 21.5. The second kappa shape index (κ2) is 10.7. The van der Waals surface area contributed by atoms with E-state index in [-0.39, 0.29) is 48.4 Å². The van der Waals surface area contributed by atoms with Gasteiger partial charge < -0.3 is 9.80 Å². The quantitative estimate of drug-likeness (QED) is 0.496. The SMILES string of the molecule is Cc1ccccc1C[C@@H](C1CCN(C(=O)[C@@H]2CC(=O)c3ccccc32)CC1)N(C)C(=O)Cn1cccn1. The van der Waals surface area contributed by atoms with E-state index in [2.05, 4.69) is 24.2 Å². The number of hydrogen-bond donors (Lipinski definition) is 0. The fourth-order valence-corrected chi connectivity index (χ4v) is 5.92. The standard InChI is InChI=1S/C30H34N4O3/c1-21-8-3-4-9-23(21)18-27(32(2)29(36)20-34-15-7-14-31-34)22-12-16-33(17-13-22)30(37)26-19-28(35)25-11-6-5-10-24(25)26/h3-11,14-15,22,26-27H,12-13,16-20H2,1-2H3/t26-,27+/m1/s1. The first-order valence-corrected chi connectivity index (χ1v) is 13.1. The fourth-order valence-electron chi connectivity index (χ4n) is 5.92. The van der Waals surface area contributed by atoms with Crippen molar-refractivity contribution in [3.63, 3.8) is 0 Å². The van der Waals surface area contributed by atoms with Crippen LogP contribution in [-0.2, 0) is 22.6 Å². The summed E-state index contributed by atoms with van der Waals surface area (Å²) < 4.78 is 1.66. The number of aromatic nitrogens is 2. The molecule has 0 radical (unpaired) electrons. The highest BCUT2D eigenvalue weighted by molar-refractivity contribution is 6.06. The summed E-state index contributed by atoms with van der Waals surface area (Å²) in [5.74, 6) is 0.0330. The number of benzene rings is 2. The minimum atomic E-state index is -0.374. The van der Waals surface area contributed by atoms with Crippen molar-refractivity contribution in [2.24, 2.45) is 5.92 Å². The molecule has 5 rings (SSSR count). The minimum Gasteiger partial charge on any atom is -0.342 e. The molecule has 1 aliphatic carbocycles. The highest BCUT2D eigenvalue weighted by Gasteiger charge is 2.39. The Labute approximate surface area is 218 Å². The molecular weight excluding hydrogens is 464 g/mol. The lowest BCUT2D eigenvalue weighted by Crippen LogP contribution is -2.49. The van der Waals surface area contributed by atoms with Crippen LogP contribution in [0.1, 0.15) is 52.2 Å². The van der Waals surface area contributed by atoms with Crippen LogP contribution >= 0.6 is 0 Å². The fraction of sp³-hybridized carbons (Fsp3) is 0.400. The number of likely N-dealkylation sites (N-methyl/N-ethyl adjacent to an activating group) is 1. The molecule has 1 saturated heterocycles. The van der Waals surface area contributed by atoms with Crippen LogP contribution in [0.3, 0.4) is 0 Å². The van der Waals surface area contributed by atoms with Crippen LogP contribution in [0.15, 0.2) is 67.0 Å². The van der Waals surface area contributed by atoms with Crippen molar-refractivity contribution in [2.45, 2.75) is 51.1 Å². The molecule has 1 aliphatic heterocycles. The molecule has 7 heteroatoms. The average molecular weight is 499 g/mol. The number of likely N-dealkylation sites (tertiary alicyclic amines) is 1. The summed E-state index contributed by atoms with van der Waals surface area (Å²) >= 11 is 0. The number of carbonyl (C=O) groups excluding carboxylic acids is 3. The first kappa shape index (κ1) is 24.9. The molecule has 2 amide bonds. The lowest BCUT2D eigenvalue weighted by molar-refractivity contribution is -0.137. The van der Waals surface area contributed by atoms with Crippen LogP contribution in [0, 0.1) is 12.8 Å². The van der Waals surface area contributed by atoms with Gasteiger partial charge in [0.25, 0.3) is 0 Å². The molecule has 2 aliphatic rings. The number of amides is 2. The van der Waals surface area contributed by atoms with Crippen LogP contribution in [0.25, 0.3) is 0 Å². The third kappa shape index (κ3) is 5.22. The van der Waals surface area contributed by atoms with E-state index in [1.165, 1.54) is 11.1 Å². The van der Waals surface area contributed by atoms with E-state index in [4.69, 9.17) is 0 Å². The largest absolute Gasteiger partial charge is 0.342 e. The van der Waals surface area contributed by atoms with Crippen molar-refractivity contribution < 1.29 is 14.4 Å². The molecule has 0 bridgehead atoms. The normalized spacial score (nSPS) is 18.5. The summed E-state index contributed by atoms with van der Waals surface area (Å²) in [4.78, 5) is 42.9. The average Bonchev–Trinajstić information content (AvgIpc) is 3.55. The van der Waals surface area contributed by atoms with Crippen LogP contribution in [0.2, 0.25) is 0 Å². The van der Waals surface area contributed by atoms with Gasteiger partial charge in [0, 0.05) is 50.6 Å². The molecule has 0 unspecified atom stereocenters. The number of piperidine rings is 1. The number of carbonyl (C=O) groups is 3. The molecule has 0 N–H and O–H groups in total. The number of rotatable bonds is 7. The maximum atomic E-state index is 13.4. The van der Waals surface area contributed by atoms with Gasteiger partial charge in [-0.15, -0.1) is 0 Å². The molecule has 37 heavy (non-hydrogen) atoms. The highest BCUT2D eigenvalue weighted by atomic mass is 16.2. The highest BCUT2D eigenvalue weighted by Crippen LogP contribution is 2.36. The Balaban J connectivity index is 1.29. The predicted octanol–water partition coefficient (Wildman–Crippen LogP) is 3.87. The van der Waals surface area contributed by atoms with Crippen molar-refractivity contribution in [1.29, 1.82) is 0 Å². The topological polar surface area (TPSA) is 75.5 Å². The second-order valence-corrected chi connectivity index (χ2v) is 10.3. The number of aryl methyl sites for hydroxylation is 1. The Morgan fingerprint density at radius 3 is 2.51 bits per heavy atom. The summed E-state index contributed by atoms with van der Waals surface area (Å²) in [5, 5.41) is 4.20. The molecule has 7 nitrogen and oxygen atoms in total. The smallest absolute Gasteiger partial charge is 0.244 e. The summed E-state index contributed by atoms with van der Waals surface area (Å²) in [7, 11) is 1.90. The monoisotopic (exact) mass is 498 g/mol. The van der Waals surface area contributed by atoms with E-state index in [0.29, 0.717) is 18.7 Å². The Morgan fingerprint density at radius 2 is 1.78 bits per heavy atom. The van der Waals surface area contributed by atoms with Gasteiger partial charge in [-0.2, -0.15) is 5.10 Å². The summed E-state index contributed by atoms with van der Waals surface area (Å²) in [6.07, 6.45) is 6.17. The van der Waals surface area contributed by atoms with Crippen LogP contribution in [0.4, 0.5) is 0 Å². The molecule has 1 fully saturated rings. The maximum absolute atomic E-state index is 13.4. The van der Waals surface area contributed by atoms with Gasteiger partial charge in [0.2, 0.25) is 11.8 Å². The molecule has 0 saturated carbocycles. The summed E-state index contributed by atoms with van der Waals surface area (Å²) in [6, 6.07) is 17.7. The number of fused-ring (bicyclic) bond motifs is 1. The van der Waals surface area contributed by atoms with E-state index in [9.17, 15) is 14.4 Å². The van der Waals surface area contributed by atoms with Gasteiger partial charge in [-0.1, -0.05) is 48.5 Å². The molecule has 192 valence electrons. The van der Waals surface area contributed by atoms with Crippen molar-refractivity contribution >= 4 is 17.6 Å². The van der Waals surface area contributed by atoms with Crippen molar-refractivity contribution in [3.05, 3.63) is 89.2 Å². The summed E-state index contributed by atoms with van der Waals surface area (Å²) in [6.45, 7) is 3.60. The Bertz CT molecular complexity index is 1280. The zero-order valence-corrected chi connectivity index (χ0v) is 21.5. The molecule has 2 heterocycles. The van der Waals surface area contributed by atoms with Gasteiger partial charge >= 0.3 is 0 Å². The second-order valence-electron chi connectivity index (χ2n) is 10.3. The van der Waals surface area contributed by atoms with Crippen LogP contribution in [-0.4, -0.2) is 63.4 Å². The summed E-state index contributed by atoms with van der Waals surface area (Å²) in [5.41, 5.74) is 4.01. The lowest BCUT2D eigenvalue weighted by Gasteiger charge is -2.41. The number of ketones is 1. The van der Waals surface area contributed by atoms with Crippen molar-refractivity contribution in [3.8, 4) is 0 Å². The third-order valence-electron chi connectivity index (χ3n) is 8.16. The zero-order chi connectivity index (χ0) is 25.9. The number of hydrogen-bond acceptors (Lipinski definition) is 4. The molecule has 2 aromatic carbocycles. The van der Waals surface area contributed by atoms with Crippen molar-refractivity contribution in [2.75, 3.05) is 20.1 Å². The molecule has 1 aromatic heterocycles. The molecule has 2 atom stereocenters. The number of nitrogens with zero attached hydrogens (tertiary/aromatic N) is 4. The number of Topliss-reactive ketones (excluding diaryl/α,β-unsaturated/α-hetero) is 1.